The molecule has 0 spiro atoms. The van der Waals surface area contributed by atoms with Crippen LogP contribution in [0.25, 0.3) is 32.1 Å². The molecule has 0 saturated carbocycles. The SMILES string of the molecule is CCCc1ccc(-c2c(CO)ccc3[nH]c(=O)c4sccc4c23)cc1. The lowest BCUT2D eigenvalue weighted by Crippen LogP contribution is -2.05. The molecule has 0 bridgehead atoms. The van der Waals surface area contributed by atoms with E-state index in [1.807, 2.05) is 23.6 Å². The maximum absolute atomic E-state index is 12.3. The molecule has 0 radical (unpaired) electrons. The average Bonchev–Trinajstić information content (AvgIpc) is 3.12. The van der Waals surface area contributed by atoms with Gasteiger partial charge in [-0.15, -0.1) is 11.3 Å². The highest BCUT2D eigenvalue weighted by Gasteiger charge is 2.15. The van der Waals surface area contributed by atoms with Crippen LogP contribution in [0.15, 0.2) is 52.6 Å². The van der Waals surface area contributed by atoms with Crippen LogP contribution in [0.1, 0.15) is 24.5 Å². The Labute approximate surface area is 149 Å². The number of aromatic amines is 1. The van der Waals surface area contributed by atoms with Crippen LogP contribution in [0, 0.1) is 0 Å². The topological polar surface area (TPSA) is 53.1 Å². The molecule has 2 aromatic carbocycles. The van der Waals surface area contributed by atoms with Crippen molar-refractivity contribution in [3.8, 4) is 11.1 Å². The number of rotatable bonds is 4. The Morgan fingerprint density at radius 1 is 1.08 bits per heavy atom. The van der Waals surface area contributed by atoms with Crippen LogP contribution in [0.5, 0.6) is 0 Å². The second-order valence-electron chi connectivity index (χ2n) is 6.24. The Balaban J connectivity index is 2.06. The first-order valence-electron chi connectivity index (χ1n) is 8.48. The number of thiophene rings is 1. The van der Waals surface area contributed by atoms with Crippen LogP contribution < -0.4 is 5.56 Å². The fourth-order valence-corrected chi connectivity index (χ4v) is 4.27. The Morgan fingerprint density at radius 3 is 2.60 bits per heavy atom. The van der Waals surface area contributed by atoms with E-state index in [1.54, 1.807) is 0 Å². The average molecular weight is 349 g/mol. The standard InChI is InChI=1S/C21H19NO2S/c1-2-3-13-4-6-14(7-5-13)18-15(12-23)8-9-17-19(18)16-10-11-25-20(16)21(24)22-17/h4-11,23H,2-3,12H2,1H3,(H,22,24). The van der Waals surface area contributed by atoms with E-state index in [1.165, 1.54) is 16.9 Å². The van der Waals surface area contributed by atoms with E-state index >= 15 is 0 Å². The summed E-state index contributed by atoms with van der Waals surface area (Å²) >= 11 is 1.45. The summed E-state index contributed by atoms with van der Waals surface area (Å²) in [5.74, 6) is 0. The molecule has 2 aromatic heterocycles. The molecule has 4 heteroatoms. The second-order valence-corrected chi connectivity index (χ2v) is 7.16. The Kier molecular flexibility index (Phi) is 4.15. The van der Waals surface area contributed by atoms with Crippen LogP contribution in [0.3, 0.4) is 0 Å². The highest BCUT2D eigenvalue weighted by atomic mass is 32.1. The molecule has 126 valence electrons. The van der Waals surface area contributed by atoms with Crippen molar-refractivity contribution >= 4 is 32.3 Å². The first-order valence-corrected chi connectivity index (χ1v) is 9.36. The lowest BCUT2D eigenvalue weighted by Gasteiger charge is -2.13. The fraction of sp³-hybridized carbons (Fsp3) is 0.190. The van der Waals surface area contributed by atoms with Crippen LogP contribution >= 0.6 is 11.3 Å². The zero-order valence-electron chi connectivity index (χ0n) is 14.0. The van der Waals surface area contributed by atoms with Gasteiger partial charge in [-0.2, -0.15) is 0 Å². The summed E-state index contributed by atoms with van der Waals surface area (Å²) in [4.78, 5) is 15.3. The molecule has 0 saturated heterocycles. The molecule has 0 fully saturated rings. The number of nitrogens with one attached hydrogen (secondary N) is 1. The Bertz CT molecular complexity index is 1110. The summed E-state index contributed by atoms with van der Waals surface area (Å²) < 4.78 is 0.728. The molecule has 0 amide bonds. The van der Waals surface area contributed by atoms with E-state index in [-0.39, 0.29) is 12.2 Å². The van der Waals surface area contributed by atoms with Crippen molar-refractivity contribution in [3.63, 3.8) is 0 Å². The second kappa shape index (κ2) is 6.47. The molecule has 25 heavy (non-hydrogen) atoms. The predicted octanol–water partition coefficient (Wildman–Crippen LogP) is 4.85. The van der Waals surface area contributed by atoms with Gasteiger partial charge >= 0.3 is 0 Å². The Hall–Kier alpha value is -2.43. The van der Waals surface area contributed by atoms with Crippen LogP contribution in [-0.4, -0.2) is 10.1 Å². The molecule has 0 aliphatic carbocycles. The van der Waals surface area contributed by atoms with Crippen LogP contribution in [0.2, 0.25) is 0 Å². The van der Waals surface area contributed by atoms with Gasteiger partial charge in [-0.3, -0.25) is 4.79 Å². The minimum atomic E-state index is -0.0570. The van der Waals surface area contributed by atoms with Gasteiger partial charge in [-0.1, -0.05) is 43.7 Å². The monoisotopic (exact) mass is 349 g/mol. The third-order valence-corrected chi connectivity index (χ3v) is 5.55. The van der Waals surface area contributed by atoms with E-state index in [4.69, 9.17) is 0 Å². The zero-order chi connectivity index (χ0) is 17.4. The maximum atomic E-state index is 12.3. The minimum absolute atomic E-state index is 0.0350. The Morgan fingerprint density at radius 2 is 1.88 bits per heavy atom. The normalized spacial score (nSPS) is 11.4. The van der Waals surface area contributed by atoms with Gasteiger partial charge in [0.25, 0.3) is 5.56 Å². The number of hydrogen-bond donors (Lipinski definition) is 2. The molecule has 4 aromatic rings. The van der Waals surface area contributed by atoms with Gasteiger partial charge in [0.2, 0.25) is 0 Å². The third kappa shape index (κ3) is 2.68. The molecule has 0 atom stereocenters. The highest BCUT2D eigenvalue weighted by molar-refractivity contribution is 7.17. The first-order chi connectivity index (χ1) is 12.2. The molecule has 0 aliphatic heterocycles. The molecule has 0 aliphatic rings. The van der Waals surface area contributed by atoms with Crippen molar-refractivity contribution in [3.05, 3.63) is 69.3 Å². The van der Waals surface area contributed by atoms with Gasteiger partial charge in [-0.05, 0) is 46.2 Å². The number of aliphatic hydroxyl groups excluding tert-OH is 1. The fourth-order valence-electron chi connectivity index (χ4n) is 3.48. The number of hydrogen-bond acceptors (Lipinski definition) is 3. The third-order valence-electron chi connectivity index (χ3n) is 4.63. The van der Waals surface area contributed by atoms with E-state index in [0.29, 0.717) is 0 Å². The highest BCUT2D eigenvalue weighted by Crippen LogP contribution is 2.36. The summed E-state index contributed by atoms with van der Waals surface area (Å²) in [6.45, 7) is 2.14. The predicted molar refractivity (Wildman–Crippen MR) is 105 cm³/mol. The number of pyridine rings is 1. The van der Waals surface area contributed by atoms with Gasteiger partial charge in [0.05, 0.1) is 6.61 Å². The molecule has 0 unspecified atom stereocenters. The van der Waals surface area contributed by atoms with Gasteiger partial charge in [0, 0.05) is 16.3 Å². The van der Waals surface area contributed by atoms with Crippen molar-refractivity contribution in [2.45, 2.75) is 26.4 Å². The van der Waals surface area contributed by atoms with Crippen molar-refractivity contribution in [1.82, 2.24) is 4.98 Å². The van der Waals surface area contributed by atoms with Gasteiger partial charge in [-0.25, -0.2) is 0 Å². The minimum Gasteiger partial charge on any atom is -0.392 e. The van der Waals surface area contributed by atoms with E-state index in [9.17, 15) is 9.90 Å². The lowest BCUT2D eigenvalue weighted by atomic mass is 9.93. The van der Waals surface area contributed by atoms with E-state index in [0.717, 1.165) is 50.5 Å². The lowest BCUT2D eigenvalue weighted by molar-refractivity contribution is 0.282. The molecule has 2 heterocycles. The molecular weight excluding hydrogens is 330 g/mol. The van der Waals surface area contributed by atoms with Crippen molar-refractivity contribution in [2.75, 3.05) is 0 Å². The summed E-state index contributed by atoms with van der Waals surface area (Å²) in [5, 5.41) is 13.8. The number of aromatic nitrogens is 1. The number of benzene rings is 2. The number of aliphatic hydroxyl groups is 1. The van der Waals surface area contributed by atoms with Gasteiger partial charge in [0.15, 0.2) is 0 Å². The quantitative estimate of drug-likeness (QED) is 0.553. The molecule has 3 nitrogen and oxygen atoms in total. The summed E-state index contributed by atoms with van der Waals surface area (Å²) in [7, 11) is 0. The van der Waals surface area contributed by atoms with Crippen LogP contribution in [-0.2, 0) is 13.0 Å². The van der Waals surface area contributed by atoms with Crippen molar-refractivity contribution in [1.29, 1.82) is 0 Å². The maximum Gasteiger partial charge on any atom is 0.266 e. The smallest absolute Gasteiger partial charge is 0.266 e. The summed E-state index contributed by atoms with van der Waals surface area (Å²) in [5.41, 5.74) is 5.00. The van der Waals surface area contributed by atoms with E-state index in [2.05, 4.69) is 36.2 Å². The van der Waals surface area contributed by atoms with Crippen molar-refractivity contribution in [2.24, 2.45) is 0 Å². The van der Waals surface area contributed by atoms with Crippen molar-refractivity contribution < 1.29 is 5.11 Å². The molecular formula is C21H19NO2S. The molecule has 4 rings (SSSR count). The summed E-state index contributed by atoms with van der Waals surface area (Å²) in [6.07, 6.45) is 2.18. The number of H-pyrrole nitrogens is 1. The van der Waals surface area contributed by atoms with Gasteiger partial charge in [0.1, 0.15) is 4.70 Å². The zero-order valence-corrected chi connectivity index (χ0v) is 14.8. The molecule has 2 N–H and O–H groups in total. The van der Waals surface area contributed by atoms with E-state index < -0.39 is 0 Å². The van der Waals surface area contributed by atoms with Gasteiger partial charge < -0.3 is 10.1 Å². The number of fused-ring (bicyclic) bond motifs is 3. The number of aryl methyl sites for hydroxylation is 1. The largest absolute Gasteiger partial charge is 0.392 e. The summed E-state index contributed by atoms with van der Waals surface area (Å²) in [6, 6.07) is 14.3. The van der Waals surface area contributed by atoms with Crippen LogP contribution in [0.4, 0.5) is 0 Å². The first kappa shape index (κ1) is 16.1.